The number of carbonyl (C=O) groups excluding carboxylic acids is 2. The summed E-state index contributed by atoms with van der Waals surface area (Å²) < 4.78 is 18.5. The average Bonchev–Trinajstić information content (AvgIpc) is 2.57. The van der Waals surface area contributed by atoms with Crippen molar-refractivity contribution in [2.75, 3.05) is 5.32 Å². The average molecular weight is 326 g/mol. The van der Waals surface area contributed by atoms with Gasteiger partial charge < -0.3 is 10.1 Å². The molecule has 0 aliphatic rings. The van der Waals surface area contributed by atoms with Crippen molar-refractivity contribution in [3.05, 3.63) is 65.5 Å². The third kappa shape index (κ3) is 4.65. The Morgan fingerprint density at radius 3 is 2.71 bits per heavy atom. The van der Waals surface area contributed by atoms with Crippen molar-refractivity contribution in [3.8, 4) is 6.07 Å². The van der Waals surface area contributed by atoms with Crippen LogP contribution in [0.1, 0.15) is 18.1 Å². The van der Waals surface area contributed by atoms with Crippen LogP contribution in [0.5, 0.6) is 0 Å². The summed E-state index contributed by atoms with van der Waals surface area (Å²) >= 11 is 0. The molecular formula is C18H15FN2O3. The zero-order valence-electron chi connectivity index (χ0n) is 13.0. The van der Waals surface area contributed by atoms with Gasteiger partial charge in [0.2, 0.25) is 0 Å². The number of hydrogen-bond donors (Lipinski definition) is 1. The fraction of sp³-hybridized carbons (Fsp3) is 0.167. The predicted molar refractivity (Wildman–Crippen MR) is 85.4 cm³/mol. The van der Waals surface area contributed by atoms with Crippen LogP contribution in [0.15, 0.2) is 48.5 Å². The van der Waals surface area contributed by atoms with Crippen LogP contribution >= 0.6 is 0 Å². The number of benzene rings is 2. The second kappa shape index (κ2) is 7.88. The monoisotopic (exact) mass is 326 g/mol. The molecule has 0 unspecified atom stereocenters. The molecule has 1 N–H and O–H groups in total. The number of nitrogens with one attached hydrogen (secondary N) is 1. The molecule has 2 rings (SSSR count). The molecular weight excluding hydrogens is 311 g/mol. The van der Waals surface area contributed by atoms with Crippen molar-refractivity contribution in [1.82, 2.24) is 0 Å². The molecule has 0 fully saturated rings. The highest BCUT2D eigenvalue weighted by Gasteiger charge is 2.19. The van der Waals surface area contributed by atoms with Gasteiger partial charge in [-0.2, -0.15) is 5.26 Å². The van der Waals surface area contributed by atoms with Gasteiger partial charge in [0.25, 0.3) is 5.91 Å². The topological polar surface area (TPSA) is 79.2 Å². The van der Waals surface area contributed by atoms with E-state index in [2.05, 4.69) is 5.32 Å². The minimum absolute atomic E-state index is 0.205. The lowest BCUT2D eigenvalue weighted by molar-refractivity contribution is -0.152. The van der Waals surface area contributed by atoms with Gasteiger partial charge in [0.15, 0.2) is 6.10 Å². The largest absolute Gasteiger partial charge is 0.452 e. The van der Waals surface area contributed by atoms with Gasteiger partial charge in [-0.3, -0.25) is 9.59 Å². The second-order valence-corrected chi connectivity index (χ2v) is 5.08. The quantitative estimate of drug-likeness (QED) is 0.857. The number of halogens is 1. The van der Waals surface area contributed by atoms with E-state index >= 15 is 0 Å². The highest BCUT2D eigenvalue weighted by atomic mass is 19.1. The maximum Gasteiger partial charge on any atom is 0.311 e. The van der Waals surface area contributed by atoms with E-state index in [0.29, 0.717) is 11.3 Å². The van der Waals surface area contributed by atoms with Crippen LogP contribution in [0.3, 0.4) is 0 Å². The van der Waals surface area contributed by atoms with Crippen LogP contribution in [0, 0.1) is 17.1 Å². The Labute approximate surface area is 138 Å². The van der Waals surface area contributed by atoms with E-state index < -0.39 is 23.8 Å². The van der Waals surface area contributed by atoms with E-state index in [1.165, 1.54) is 31.2 Å². The molecule has 1 amide bonds. The number of nitrogens with zero attached hydrogens (tertiary/aromatic N) is 1. The molecule has 0 aliphatic heterocycles. The van der Waals surface area contributed by atoms with Crippen LogP contribution < -0.4 is 5.32 Å². The van der Waals surface area contributed by atoms with Crippen LogP contribution in [0.4, 0.5) is 10.1 Å². The molecule has 1 atom stereocenters. The zero-order valence-corrected chi connectivity index (χ0v) is 13.0. The first kappa shape index (κ1) is 17.2. The molecule has 0 saturated heterocycles. The Hall–Kier alpha value is -3.20. The predicted octanol–water partition coefficient (Wildman–Crippen LogP) is 2.81. The van der Waals surface area contributed by atoms with Crippen LogP contribution in [0.2, 0.25) is 0 Å². The number of amides is 1. The Morgan fingerprint density at radius 2 is 2.00 bits per heavy atom. The van der Waals surface area contributed by atoms with Gasteiger partial charge in [-0.05, 0) is 36.8 Å². The highest BCUT2D eigenvalue weighted by molar-refractivity contribution is 5.95. The molecule has 24 heavy (non-hydrogen) atoms. The summed E-state index contributed by atoms with van der Waals surface area (Å²) in [7, 11) is 0. The number of carbonyl (C=O) groups is 2. The summed E-state index contributed by atoms with van der Waals surface area (Å²) in [4.78, 5) is 23.8. The van der Waals surface area contributed by atoms with Gasteiger partial charge in [0, 0.05) is 5.69 Å². The normalized spacial score (nSPS) is 11.2. The first-order valence-corrected chi connectivity index (χ1v) is 7.23. The van der Waals surface area contributed by atoms with E-state index in [1.807, 2.05) is 6.07 Å². The third-order valence-corrected chi connectivity index (χ3v) is 3.23. The summed E-state index contributed by atoms with van der Waals surface area (Å²) in [6.45, 7) is 1.42. The third-order valence-electron chi connectivity index (χ3n) is 3.23. The number of nitriles is 1. The van der Waals surface area contributed by atoms with Crippen molar-refractivity contribution in [2.24, 2.45) is 0 Å². The molecule has 6 heteroatoms. The lowest BCUT2D eigenvalue weighted by Gasteiger charge is -2.14. The lowest BCUT2D eigenvalue weighted by Crippen LogP contribution is -2.30. The molecule has 2 aromatic rings. The first-order chi connectivity index (χ1) is 11.5. The number of anilines is 1. The fourth-order valence-corrected chi connectivity index (χ4v) is 2.00. The fourth-order valence-electron chi connectivity index (χ4n) is 2.00. The molecule has 0 heterocycles. The number of esters is 1. The standard InChI is InChI=1S/C18H15FN2O3/c1-12(18(23)21-15-7-4-5-13(9-15)11-20)24-17(22)10-14-6-2-3-8-16(14)19/h2-9,12H,10H2,1H3,(H,21,23)/t12-/m0/s1. The second-order valence-electron chi connectivity index (χ2n) is 5.08. The maximum absolute atomic E-state index is 13.5. The van der Waals surface area contributed by atoms with Gasteiger partial charge >= 0.3 is 5.97 Å². The van der Waals surface area contributed by atoms with Crippen molar-refractivity contribution in [2.45, 2.75) is 19.4 Å². The summed E-state index contributed by atoms with van der Waals surface area (Å²) in [6, 6.07) is 14.2. The van der Waals surface area contributed by atoms with Crippen molar-refractivity contribution < 1.29 is 18.7 Å². The number of hydrogen-bond acceptors (Lipinski definition) is 4. The molecule has 122 valence electrons. The van der Waals surface area contributed by atoms with Crippen LogP contribution in [0.25, 0.3) is 0 Å². The molecule has 2 aromatic carbocycles. The van der Waals surface area contributed by atoms with Crippen molar-refractivity contribution in [1.29, 1.82) is 5.26 Å². The molecule has 0 bridgehead atoms. The van der Waals surface area contributed by atoms with Gasteiger partial charge in [-0.15, -0.1) is 0 Å². The van der Waals surface area contributed by atoms with Gasteiger partial charge in [0.1, 0.15) is 5.82 Å². The SMILES string of the molecule is C[C@H](OC(=O)Cc1ccccc1F)C(=O)Nc1cccc(C#N)c1. The highest BCUT2D eigenvalue weighted by Crippen LogP contribution is 2.12. The summed E-state index contributed by atoms with van der Waals surface area (Å²) in [5.41, 5.74) is 1.03. The molecule has 0 saturated carbocycles. The Morgan fingerprint density at radius 1 is 1.25 bits per heavy atom. The Kier molecular flexibility index (Phi) is 5.63. The van der Waals surface area contributed by atoms with E-state index in [4.69, 9.17) is 10.00 Å². The number of ether oxygens (including phenoxy) is 1. The summed E-state index contributed by atoms with van der Waals surface area (Å²) in [5, 5.41) is 11.4. The molecule has 0 radical (unpaired) electrons. The smallest absolute Gasteiger partial charge is 0.311 e. The van der Waals surface area contributed by atoms with Gasteiger partial charge in [-0.1, -0.05) is 24.3 Å². The van der Waals surface area contributed by atoms with E-state index in [0.717, 1.165) is 0 Å². The summed E-state index contributed by atoms with van der Waals surface area (Å²) in [5.74, 6) is -1.74. The minimum atomic E-state index is -1.05. The van der Waals surface area contributed by atoms with Crippen LogP contribution in [-0.2, 0) is 20.7 Å². The van der Waals surface area contributed by atoms with Gasteiger partial charge in [-0.25, -0.2) is 4.39 Å². The van der Waals surface area contributed by atoms with Crippen molar-refractivity contribution in [3.63, 3.8) is 0 Å². The lowest BCUT2D eigenvalue weighted by atomic mass is 10.1. The van der Waals surface area contributed by atoms with E-state index in [9.17, 15) is 14.0 Å². The minimum Gasteiger partial charge on any atom is -0.452 e. The maximum atomic E-state index is 13.5. The molecule has 0 aliphatic carbocycles. The number of rotatable bonds is 5. The summed E-state index contributed by atoms with van der Waals surface area (Å²) in [6.07, 6.45) is -1.30. The van der Waals surface area contributed by atoms with Gasteiger partial charge in [0.05, 0.1) is 18.1 Å². The molecule has 0 aromatic heterocycles. The van der Waals surface area contributed by atoms with E-state index in [-0.39, 0.29) is 12.0 Å². The zero-order chi connectivity index (χ0) is 17.5. The molecule has 5 nitrogen and oxygen atoms in total. The van der Waals surface area contributed by atoms with Crippen LogP contribution in [-0.4, -0.2) is 18.0 Å². The molecule has 0 spiro atoms. The Bertz CT molecular complexity index is 799. The van der Waals surface area contributed by atoms with E-state index in [1.54, 1.807) is 24.3 Å². The Balaban J connectivity index is 1.92. The van der Waals surface area contributed by atoms with Crippen molar-refractivity contribution >= 4 is 17.6 Å². The first-order valence-electron chi connectivity index (χ1n) is 7.23.